The van der Waals surface area contributed by atoms with Gasteiger partial charge in [-0.2, -0.15) is 0 Å². The lowest BCUT2D eigenvalue weighted by Crippen LogP contribution is -1.90. The van der Waals surface area contributed by atoms with E-state index in [-0.39, 0.29) is 0 Å². The number of fused-ring (bicyclic) bond motifs is 3. The van der Waals surface area contributed by atoms with E-state index in [4.69, 9.17) is 0 Å². The molecule has 0 aliphatic rings. The summed E-state index contributed by atoms with van der Waals surface area (Å²) in [6, 6.07) is 16.3. The van der Waals surface area contributed by atoms with Crippen LogP contribution in [-0.2, 0) is 0 Å². The second kappa shape index (κ2) is 6.01. The van der Waals surface area contributed by atoms with Crippen molar-refractivity contribution in [1.29, 1.82) is 0 Å². The van der Waals surface area contributed by atoms with Crippen molar-refractivity contribution in [2.75, 3.05) is 0 Å². The molecule has 1 aromatic carbocycles. The second-order valence-corrected chi connectivity index (χ2v) is 6.06. The quantitative estimate of drug-likeness (QED) is 0.431. The van der Waals surface area contributed by atoms with Crippen molar-refractivity contribution in [3.05, 3.63) is 85.7 Å². The minimum Gasteiger partial charge on any atom is -0.264 e. The fourth-order valence-corrected chi connectivity index (χ4v) is 3.38. The van der Waals surface area contributed by atoms with Crippen LogP contribution in [0.25, 0.3) is 44.1 Å². The molecule has 0 N–H and O–H groups in total. The van der Waals surface area contributed by atoms with Crippen LogP contribution in [0, 0.1) is 0 Å². The van der Waals surface area contributed by atoms with Crippen LogP contribution in [0.3, 0.4) is 0 Å². The first-order chi connectivity index (χ1) is 12.9. The van der Waals surface area contributed by atoms with E-state index in [1.165, 1.54) is 0 Å². The molecule has 0 spiro atoms. The summed E-state index contributed by atoms with van der Waals surface area (Å²) >= 11 is 0. The van der Waals surface area contributed by atoms with E-state index in [0.29, 0.717) is 0 Å². The Kier molecular flexibility index (Phi) is 3.39. The highest BCUT2D eigenvalue weighted by Gasteiger charge is 2.11. The van der Waals surface area contributed by atoms with E-state index in [0.717, 1.165) is 44.1 Å². The molecule has 122 valence electrons. The van der Waals surface area contributed by atoms with E-state index >= 15 is 0 Å². The third-order valence-electron chi connectivity index (χ3n) is 4.57. The van der Waals surface area contributed by atoms with Gasteiger partial charge in [0.25, 0.3) is 0 Å². The number of rotatable bonds is 2. The topological polar surface area (TPSA) is 51.6 Å². The Balaban J connectivity index is 1.82. The Bertz CT molecular complexity index is 1120. The summed E-state index contributed by atoms with van der Waals surface area (Å²) in [6.07, 6.45) is 11.0. The van der Waals surface area contributed by atoms with Gasteiger partial charge in [0.05, 0.1) is 11.0 Å². The number of benzene rings is 1. The van der Waals surface area contributed by atoms with Crippen LogP contribution in [0.1, 0.15) is 0 Å². The Labute approximate surface area is 150 Å². The average molecular weight is 334 g/mol. The van der Waals surface area contributed by atoms with Crippen LogP contribution in [0.15, 0.2) is 85.7 Å². The van der Waals surface area contributed by atoms with Gasteiger partial charge in [-0.15, -0.1) is 0 Å². The molecule has 0 fully saturated rings. The molecule has 5 aromatic rings. The number of hydrogen-bond acceptors (Lipinski definition) is 4. The highest BCUT2D eigenvalue weighted by molar-refractivity contribution is 6.11. The van der Waals surface area contributed by atoms with Crippen molar-refractivity contribution in [1.82, 2.24) is 19.9 Å². The maximum absolute atomic E-state index is 4.63. The lowest BCUT2D eigenvalue weighted by atomic mass is 9.98. The highest BCUT2D eigenvalue weighted by atomic mass is 14.7. The molecule has 0 bridgehead atoms. The number of nitrogens with zero attached hydrogens (tertiary/aromatic N) is 4. The summed E-state index contributed by atoms with van der Waals surface area (Å²) in [5.41, 5.74) is 6.16. The molecule has 4 nitrogen and oxygen atoms in total. The first kappa shape index (κ1) is 14.7. The molecule has 4 heterocycles. The zero-order chi connectivity index (χ0) is 17.3. The van der Waals surface area contributed by atoms with Crippen molar-refractivity contribution in [2.24, 2.45) is 0 Å². The van der Waals surface area contributed by atoms with E-state index in [9.17, 15) is 0 Å². The zero-order valence-electron chi connectivity index (χ0n) is 13.9. The van der Waals surface area contributed by atoms with Gasteiger partial charge in [0.2, 0.25) is 0 Å². The van der Waals surface area contributed by atoms with Crippen LogP contribution in [0.5, 0.6) is 0 Å². The lowest BCUT2D eigenvalue weighted by Gasteiger charge is -2.10. The van der Waals surface area contributed by atoms with Crippen molar-refractivity contribution in [2.45, 2.75) is 0 Å². The van der Waals surface area contributed by atoms with Gasteiger partial charge in [-0.1, -0.05) is 24.3 Å². The molecule has 5 rings (SSSR count). The third kappa shape index (κ3) is 2.31. The maximum atomic E-state index is 4.63. The van der Waals surface area contributed by atoms with Crippen molar-refractivity contribution < 1.29 is 0 Å². The van der Waals surface area contributed by atoms with E-state index in [1.807, 2.05) is 49.1 Å². The molecule has 0 unspecified atom stereocenters. The maximum Gasteiger partial charge on any atom is 0.0971 e. The van der Waals surface area contributed by atoms with Gasteiger partial charge in [-0.3, -0.25) is 19.9 Å². The number of hydrogen-bond donors (Lipinski definition) is 0. The minimum absolute atomic E-state index is 0.898. The zero-order valence-corrected chi connectivity index (χ0v) is 13.9. The smallest absolute Gasteiger partial charge is 0.0971 e. The van der Waals surface area contributed by atoms with Crippen LogP contribution < -0.4 is 0 Å². The molecule has 0 aliphatic heterocycles. The Morgan fingerprint density at radius 3 is 1.42 bits per heavy atom. The van der Waals surface area contributed by atoms with Gasteiger partial charge in [-0.25, -0.2) is 0 Å². The van der Waals surface area contributed by atoms with E-state index < -0.39 is 0 Å². The predicted molar refractivity (Wildman–Crippen MR) is 104 cm³/mol. The summed E-state index contributed by atoms with van der Waals surface area (Å²) in [5, 5.41) is 2.15. The standard InChI is InChI=1S/C22H14N4/c1-3-15(13-23-9-1)17-7-11-25-21-19(17)5-6-20-18(8-12-26-22(20)21)16-4-2-10-24-14-16/h1-14H. The minimum atomic E-state index is 0.898. The van der Waals surface area contributed by atoms with Crippen LogP contribution in [0.2, 0.25) is 0 Å². The Hall–Kier alpha value is -3.66. The Morgan fingerprint density at radius 2 is 1.00 bits per heavy atom. The molecule has 0 saturated carbocycles. The fourth-order valence-electron chi connectivity index (χ4n) is 3.38. The Morgan fingerprint density at radius 1 is 0.500 bits per heavy atom. The third-order valence-corrected chi connectivity index (χ3v) is 4.57. The SMILES string of the molecule is c1cncc(-c2ccnc3c2ccc2c(-c4cccnc4)ccnc23)c1. The molecule has 4 aromatic heterocycles. The van der Waals surface area contributed by atoms with Crippen LogP contribution >= 0.6 is 0 Å². The van der Waals surface area contributed by atoms with E-state index in [1.54, 1.807) is 12.4 Å². The normalized spacial score (nSPS) is 11.1. The molecular formula is C22H14N4. The number of aromatic nitrogens is 4. The molecule has 0 aliphatic carbocycles. The van der Waals surface area contributed by atoms with Crippen molar-refractivity contribution in [3.8, 4) is 22.3 Å². The largest absolute Gasteiger partial charge is 0.264 e. The summed E-state index contributed by atoms with van der Waals surface area (Å²) in [5.74, 6) is 0. The molecule has 0 atom stereocenters. The van der Waals surface area contributed by atoms with Crippen LogP contribution in [0.4, 0.5) is 0 Å². The van der Waals surface area contributed by atoms with Gasteiger partial charge in [0.15, 0.2) is 0 Å². The van der Waals surface area contributed by atoms with Gasteiger partial charge in [0.1, 0.15) is 0 Å². The summed E-state index contributed by atoms with van der Waals surface area (Å²) in [4.78, 5) is 17.7. The second-order valence-electron chi connectivity index (χ2n) is 6.06. The average Bonchev–Trinajstić information content (AvgIpc) is 2.74. The van der Waals surface area contributed by atoms with Crippen molar-refractivity contribution >= 4 is 21.8 Å². The molecule has 4 heteroatoms. The predicted octanol–water partition coefficient (Wildman–Crippen LogP) is 4.91. The molecular weight excluding hydrogens is 320 g/mol. The van der Waals surface area contributed by atoms with Crippen LogP contribution in [-0.4, -0.2) is 19.9 Å². The van der Waals surface area contributed by atoms with Crippen molar-refractivity contribution in [3.63, 3.8) is 0 Å². The van der Waals surface area contributed by atoms with E-state index in [2.05, 4.69) is 44.2 Å². The molecule has 0 amide bonds. The summed E-state index contributed by atoms with van der Waals surface area (Å²) in [7, 11) is 0. The highest BCUT2D eigenvalue weighted by Crippen LogP contribution is 2.34. The number of pyridine rings is 4. The lowest BCUT2D eigenvalue weighted by molar-refractivity contribution is 1.32. The van der Waals surface area contributed by atoms with Gasteiger partial charge < -0.3 is 0 Å². The fraction of sp³-hybridized carbons (Fsp3) is 0. The van der Waals surface area contributed by atoms with Gasteiger partial charge in [0, 0.05) is 59.1 Å². The first-order valence-electron chi connectivity index (χ1n) is 8.39. The monoisotopic (exact) mass is 334 g/mol. The molecule has 0 saturated heterocycles. The first-order valence-corrected chi connectivity index (χ1v) is 8.39. The summed E-state index contributed by atoms with van der Waals surface area (Å²) < 4.78 is 0. The molecule has 0 radical (unpaired) electrons. The van der Waals surface area contributed by atoms with Gasteiger partial charge >= 0.3 is 0 Å². The molecule has 26 heavy (non-hydrogen) atoms. The summed E-state index contributed by atoms with van der Waals surface area (Å²) in [6.45, 7) is 0. The van der Waals surface area contributed by atoms with Gasteiger partial charge in [-0.05, 0) is 35.4 Å².